The number of hydrogen-bond acceptors (Lipinski definition) is 7. The molecule has 3 rings (SSSR count). The summed E-state index contributed by atoms with van der Waals surface area (Å²) >= 11 is 0. The fraction of sp³-hybridized carbons (Fsp3) is 0. The number of nitrogens with one attached hydrogen (secondary N) is 1. The lowest BCUT2D eigenvalue weighted by Gasteiger charge is -2.08. The Morgan fingerprint density at radius 1 is 0.783 bits per heavy atom. The molecule has 0 atom stereocenters. The monoisotopic (exact) mass is 305 g/mol. The molecule has 3 N–H and O–H groups in total. The summed E-state index contributed by atoms with van der Waals surface area (Å²) in [5, 5.41) is 31.1. The Kier molecular flexibility index (Phi) is 3.72. The molecular formula is C16H11N5O2. The standard InChI is InChI=1S/C16H11N5O2/c17-9-18-16-20-14(10-5-1-3-7-12(10)22)19-15(21-16)11-6-2-4-8-13(11)23/h1-8,22-23H,(H,18,19,20,21). The van der Waals surface area contributed by atoms with Gasteiger partial charge < -0.3 is 10.2 Å². The van der Waals surface area contributed by atoms with Crippen molar-refractivity contribution >= 4 is 5.95 Å². The number of nitriles is 1. The van der Waals surface area contributed by atoms with E-state index in [9.17, 15) is 10.2 Å². The summed E-state index contributed by atoms with van der Waals surface area (Å²) in [7, 11) is 0. The lowest BCUT2D eigenvalue weighted by Crippen LogP contribution is -2.02. The van der Waals surface area contributed by atoms with Crippen LogP contribution in [-0.2, 0) is 0 Å². The Bertz CT molecular complexity index is 841. The van der Waals surface area contributed by atoms with Crippen LogP contribution in [0.3, 0.4) is 0 Å². The number of para-hydroxylation sites is 2. The minimum atomic E-state index is 0.00448. The summed E-state index contributed by atoms with van der Waals surface area (Å²) in [5.41, 5.74) is 0.792. The van der Waals surface area contributed by atoms with Crippen molar-refractivity contribution < 1.29 is 10.2 Å². The smallest absolute Gasteiger partial charge is 0.240 e. The molecule has 1 aromatic heterocycles. The summed E-state index contributed by atoms with van der Waals surface area (Å²) in [5.74, 6) is 0.414. The first-order valence-electron chi connectivity index (χ1n) is 6.67. The van der Waals surface area contributed by atoms with Gasteiger partial charge in [0, 0.05) is 0 Å². The Labute approximate surface area is 131 Å². The van der Waals surface area contributed by atoms with Crippen LogP contribution in [-0.4, -0.2) is 25.2 Å². The van der Waals surface area contributed by atoms with Crippen molar-refractivity contribution in [2.24, 2.45) is 0 Å². The molecular weight excluding hydrogens is 294 g/mol. The predicted molar refractivity (Wildman–Crippen MR) is 83.3 cm³/mol. The van der Waals surface area contributed by atoms with Crippen LogP contribution in [0.2, 0.25) is 0 Å². The third-order valence-corrected chi connectivity index (χ3v) is 3.09. The maximum Gasteiger partial charge on any atom is 0.240 e. The molecule has 7 heteroatoms. The number of nitrogens with zero attached hydrogens (tertiary/aromatic N) is 4. The summed E-state index contributed by atoms with van der Waals surface area (Å²) < 4.78 is 0. The highest BCUT2D eigenvalue weighted by molar-refractivity contribution is 5.69. The lowest BCUT2D eigenvalue weighted by atomic mass is 10.1. The van der Waals surface area contributed by atoms with Crippen molar-refractivity contribution in [3.05, 3.63) is 48.5 Å². The minimum absolute atomic E-state index is 0.00448. The van der Waals surface area contributed by atoms with Gasteiger partial charge in [0.2, 0.25) is 5.95 Å². The maximum absolute atomic E-state index is 9.97. The Morgan fingerprint density at radius 3 is 1.70 bits per heavy atom. The molecule has 0 amide bonds. The normalized spacial score (nSPS) is 10.0. The number of phenols is 2. The van der Waals surface area contributed by atoms with E-state index in [0.29, 0.717) is 11.1 Å². The highest BCUT2D eigenvalue weighted by Gasteiger charge is 2.14. The molecule has 0 spiro atoms. The first-order chi connectivity index (χ1) is 11.2. The van der Waals surface area contributed by atoms with Crippen molar-refractivity contribution in [2.45, 2.75) is 0 Å². The van der Waals surface area contributed by atoms with Gasteiger partial charge in [-0.25, -0.2) is 4.98 Å². The lowest BCUT2D eigenvalue weighted by molar-refractivity contribution is 0.477. The topological polar surface area (TPSA) is 115 Å². The van der Waals surface area contributed by atoms with E-state index in [-0.39, 0.29) is 29.1 Å². The predicted octanol–water partition coefficient (Wildman–Crippen LogP) is 2.51. The van der Waals surface area contributed by atoms with E-state index in [1.807, 2.05) is 0 Å². The van der Waals surface area contributed by atoms with Gasteiger partial charge in [-0.15, -0.1) is 0 Å². The first kappa shape index (κ1) is 14.3. The molecule has 0 radical (unpaired) electrons. The molecule has 7 nitrogen and oxygen atoms in total. The summed E-state index contributed by atoms with van der Waals surface area (Å²) in [6.45, 7) is 0. The number of phenolic OH excluding ortho intramolecular Hbond substituents is 2. The molecule has 1 heterocycles. The number of rotatable bonds is 3. The van der Waals surface area contributed by atoms with Gasteiger partial charge in [-0.1, -0.05) is 24.3 Å². The molecule has 0 bridgehead atoms. The van der Waals surface area contributed by atoms with Crippen LogP contribution in [0.1, 0.15) is 0 Å². The SMILES string of the molecule is N#CNc1nc(-c2ccccc2O)nc(-c2ccccc2O)n1. The number of aromatic hydroxyl groups is 2. The van der Waals surface area contributed by atoms with E-state index in [2.05, 4.69) is 20.3 Å². The van der Waals surface area contributed by atoms with E-state index in [1.165, 1.54) is 12.1 Å². The zero-order valence-electron chi connectivity index (χ0n) is 11.8. The highest BCUT2D eigenvalue weighted by Crippen LogP contribution is 2.30. The van der Waals surface area contributed by atoms with E-state index in [0.717, 1.165) is 0 Å². The van der Waals surface area contributed by atoms with E-state index in [1.54, 1.807) is 42.6 Å². The third-order valence-electron chi connectivity index (χ3n) is 3.09. The van der Waals surface area contributed by atoms with Crippen LogP contribution < -0.4 is 5.32 Å². The highest BCUT2D eigenvalue weighted by atomic mass is 16.3. The third kappa shape index (κ3) is 2.87. The van der Waals surface area contributed by atoms with Crippen LogP contribution >= 0.6 is 0 Å². The van der Waals surface area contributed by atoms with Crippen molar-refractivity contribution in [2.75, 3.05) is 5.32 Å². The van der Waals surface area contributed by atoms with Gasteiger partial charge in [0.25, 0.3) is 0 Å². The van der Waals surface area contributed by atoms with Crippen LogP contribution in [0, 0.1) is 11.5 Å². The van der Waals surface area contributed by atoms with Crippen LogP contribution in [0.4, 0.5) is 5.95 Å². The van der Waals surface area contributed by atoms with Gasteiger partial charge in [0.15, 0.2) is 17.8 Å². The zero-order chi connectivity index (χ0) is 16.2. The fourth-order valence-electron chi connectivity index (χ4n) is 2.05. The second-order valence-electron chi connectivity index (χ2n) is 4.58. The molecule has 0 fully saturated rings. The molecule has 3 aromatic rings. The number of anilines is 1. The quantitative estimate of drug-likeness (QED) is 0.503. The van der Waals surface area contributed by atoms with Gasteiger partial charge in [0.1, 0.15) is 11.5 Å². The summed E-state index contributed by atoms with van der Waals surface area (Å²) in [6, 6.07) is 13.1. The Balaban J connectivity index is 2.21. The van der Waals surface area contributed by atoms with Crippen LogP contribution in [0.25, 0.3) is 22.8 Å². The van der Waals surface area contributed by atoms with Gasteiger partial charge in [0.05, 0.1) is 11.1 Å². The molecule has 0 saturated carbocycles. The number of hydrogen-bond donors (Lipinski definition) is 3. The maximum atomic E-state index is 9.97. The summed E-state index contributed by atoms with van der Waals surface area (Å²) in [4.78, 5) is 12.5. The van der Waals surface area contributed by atoms with Gasteiger partial charge >= 0.3 is 0 Å². The molecule has 0 aliphatic heterocycles. The van der Waals surface area contributed by atoms with Crippen molar-refractivity contribution in [1.82, 2.24) is 15.0 Å². The van der Waals surface area contributed by atoms with Crippen molar-refractivity contribution in [3.63, 3.8) is 0 Å². The fourth-order valence-corrected chi connectivity index (χ4v) is 2.05. The largest absolute Gasteiger partial charge is 0.507 e. The van der Waals surface area contributed by atoms with E-state index >= 15 is 0 Å². The number of aromatic nitrogens is 3. The van der Waals surface area contributed by atoms with Gasteiger partial charge in [-0.3, -0.25) is 5.32 Å². The molecule has 0 unspecified atom stereocenters. The molecule has 0 aliphatic carbocycles. The van der Waals surface area contributed by atoms with Crippen molar-refractivity contribution in [3.8, 4) is 40.5 Å². The van der Waals surface area contributed by atoms with Gasteiger partial charge in [-0.2, -0.15) is 15.2 Å². The van der Waals surface area contributed by atoms with E-state index in [4.69, 9.17) is 5.26 Å². The minimum Gasteiger partial charge on any atom is -0.507 e. The van der Waals surface area contributed by atoms with Crippen LogP contribution in [0.5, 0.6) is 11.5 Å². The second kappa shape index (κ2) is 5.99. The average molecular weight is 305 g/mol. The summed E-state index contributed by atoms with van der Waals surface area (Å²) in [6.07, 6.45) is 1.74. The van der Waals surface area contributed by atoms with E-state index < -0.39 is 0 Å². The molecule has 112 valence electrons. The molecule has 0 saturated heterocycles. The first-order valence-corrected chi connectivity index (χ1v) is 6.67. The van der Waals surface area contributed by atoms with Crippen LogP contribution in [0.15, 0.2) is 48.5 Å². The van der Waals surface area contributed by atoms with Gasteiger partial charge in [-0.05, 0) is 24.3 Å². The Morgan fingerprint density at radius 2 is 1.26 bits per heavy atom. The Hall–Kier alpha value is -3.66. The molecule has 23 heavy (non-hydrogen) atoms. The molecule has 2 aromatic carbocycles. The van der Waals surface area contributed by atoms with Crippen molar-refractivity contribution in [1.29, 1.82) is 5.26 Å². The average Bonchev–Trinajstić information content (AvgIpc) is 2.56. The number of benzene rings is 2. The second-order valence-corrected chi connectivity index (χ2v) is 4.58. The zero-order valence-corrected chi connectivity index (χ0v) is 11.8. The molecule has 0 aliphatic rings.